The second-order valence-corrected chi connectivity index (χ2v) is 3.64. The van der Waals surface area contributed by atoms with E-state index in [2.05, 4.69) is 10.3 Å². The Morgan fingerprint density at radius 2 is 2.14 bits per heavy atom. The van der Waals surface area contributed by atoms with Gasteiger partial charge in [-0.3, -0.25) is 9.79 Å². The van der Waals surface area contributed by atoms with Gasteiger partial charge in [0.25, 0.3) is 5.91 Å². The molecule has 4 nitrogen and oxygen atoms in total. The fourth-order valence-corrected chi connectivity index (χ4v) is 2.08. The van der Waals surface area contributed by atoms with Crippen LogP contribution in [0.15, 0.2) is 4.99 Å². The van der Waals surface area contributed by atoms with Gasteiger partial charge in [-0.15, -0.1) is 12.4 Å². The molecule has 0 unspecified atom stereocenters. The van der Waals surface area contributed by atoms with Crippen molar-refractivity contribution >= 4 is 29.7 Å². The summed E-state index contributed by atoms with van der Waals surface area (Å²) in [5, 5.41) is 2.60. The first-order valence-electron chi connectivity index (χ1n) is 3.93. The number of nitrogens with one attached hydrogen (secondary N) is 1. The molecule has 0 fully saturated rings. The maximum atomic E-state index is 11.4. The quantitative estimate of drug-likeness (QED) is 0.766. The molecule has 0 bridgehead atoms. The molecule has 1 rings (SSSR count). The molecule has 1 heterocycles. The third kappa shape index (κ3) is 2.16. The van der Waals surface area contributed by atoms with Gasteiger partial charge in [-0.2, -0.15) is 0 Å². The number of hydrogen-bond donors (Lipinski definition) is 1. The molecule has 0 aliphatic rings. The molecule has 1 amide bonds. The SMILES string of the molecule is CN=c1sc(C(=O)NC)c(C)n1C.Cl. The van der Waals surface area contributed by atoms with Crippen molar-refractivity contribution in [1.29, 1.82) is 0 Å². The van der Waals surface area contributed by atoms with Gasteiger partial charge >= 0.3 is 0 Å². The van der Waals surface area contributed by atoms with Crippen molar-refractivity contribution in [2.24, 2.45) is 12.0 Å². The highest BCUT2D eigenvalue weighted by Gasteiger charge is 2.12. The number of carbonyl (C=O) groups is 1. The normalized spacial score (nSPS) is 11.0. The van der Waals surface area contributed by atoms with Crippen LogP contribution >= 0.6 is 23.7 Å². The van der Waals surface area contributed by atoms with Crippen LogP contribution in [0, 0.1) is 6.92 Å². The molecule has 0 saturated carbocycles. The Labute approximate surface area is 93.1 Å². The third-order valence-electron chi connectivity index (χ3n) is 1.94. The van der Waals surface area contributed by atoms with Crippen LogP contribution in [0.5, 0.6) is 0 Å². The molecule has 6 heteroatoms. The van der Waals surface area contributed by atoms with E-state index >= 15 is 0 Å². The van der Waals surface area contributed by atoms with Gasteiger partial charge < -0.3 is 9.88 Å². The summed E-state index contributed by atoms with van der Waals surface area (Å²) in [5.74, 6) is -0.0481. The zero-order chi connectivity index (χ0) is 10.0. The number of aromatic nitrogens is 1. The summed E-state index contributed by atoms with van der Waals surface area (Å²) < 4.78 is 1.91. The van der Waals surface area contributed by atoms with E-state index in [0.29, 0.717) is 0 Å². The van der Waals surface area contributed by atoms with Gasteiger partial charge in [-0.25, -0.2) is 0 Å². The Hall–Kier alpha value is -0.810. The molecule has 1 aromatic rings. The van der Waals surface area contributed by atoms with E-state index in [4.69, 9.17) is 0 Å². The summed E-state index contributed by atoms with van der Waals surface area (Å²) in [6.07, 6.45) is 0. The lowest BCUT2D eigenvalue weighted by Gasteiger charge is -1.97. The lowest BCUT2D eigenvalue weighted by Crippen LogP contribution is -2.17. The van der Waals surface area contributed by atoms with Crippen LogP contribution in [0.3, 0.4) is 0 Å². The zero-order valence-electron chi connectivity index (χ0n) is 8.62. The van der Waals surface area contributed by atoms with Crippen molar-refractivity contribution < 1.29 is 4.79 Å². The van der Waals surface area contributed by atoms with Crippen LogP contribution in [0.2, 0.25) is 0 Å². The Morgan fingerprint density at radius 3 is 2.50 bits per heavy atom. The lowest BCUT2D eigenvalue weighted by molar-refractivity contribution is 0.0966. The molecular formula is C8H14ClN3OS. The first-order valence-corrected chi connectivity index (χ1v) is 4.74. The van der Waals surface area contributed by atoms with Crippen molar-refractivity contribution in [3.63, 3.8) is 0 Å². The number of halogens is 1. The Morgan fingerprint density at radius 1 is 1.57 bits per heavy atom. The maximum Gasteiger partial charge on any atom is 0.263 e. The molecule has 0 radical (unpaired) electrons. The lowest BCUT2D eigenvalue weighted by atomic mass is 10.4. The fourth-order valence-electron chi connectivity index (χ4n) is 1.05. The Kier molecular flexibility index (Phi) is 4.87. The molecule has 0 aliphatic carbocycles. The number of amides is 1. The van der Waals surface area contributed by atoms with Crippen LogP contribution in [0.4, 0.5) is 0 Å². The minimum atomic E-state index is -0.0481. The predicted molar refractivity (Wildman–Crippen MR) is 60.2 cm³/mol. The van der Waals surface area contributed by atoms with Gasteiger partial charge in [0.2, 0.25) is 0 Å². The average molecular weight is 236 g/mol. The first-order chi connectivity index (χ1) is 6.11. The molecule has 0 saturated heterocycles. The number of nitrogens with zero attached hydrogens (tertiary/aromatic N) is 2. The highest BCUT2D eigenvalue weighted by molar-refractivity contribution is 7.11. The molecule has 14 heavy (non-hydrogen) atoms. The third-order valence-corrected chi connectivity index (χ3v) is 3.26. The van der Waals surface area contributed by atoms with E-state index in [-0.39, 0.29) is 18.3 Å². The molecule has 1 N–H and O–H groups in total. The van der Waals surface area contributed by atoms with Crippen LogP contribution in [-0.2, 0) is 7.05 Å². The van der Waals surface area contributed by atoms with E-state index in [1.807, 2.05) is 18.5 Å². The smallest absolute Gasteiger partial charge is 0.263 e. The van der Waals surface area contributed by atoms with E-state index in [1.54, 1.807) is 14.1 Å². The molecule has 1 aromatic heterocycles. The van der Waals surface area contributed by atoms with Gasteiger partial charge in [0.05, 0.1) is 0 Å². The van der Waals surface area contributed by atoms with Crippen molar-refractivity contribution in [1.82, 2.24) is 9.88 Å². The Balaban J connectivity index is 0.00000169. The van der Waals surface area contributed by atoms with Crippen molar-refractivity contribution in [3.8, 4) is 0 Å². The van der Waals surface area contributed by atoms with Crippen molar-refractivity contribution in [2.75, 3.05) is 14.1 Å². The summed E-state index contributed by atoms with van der Waals surface area (Å²) in [6.45, 7) is 1.91. The Bertz CT molecular complexity index is 394. The monoisotopic (exact) mass is 235 g/mol. The second-order valence-electron chi connectivity index (χ2n) is 2.66. The predicted octanol–water partition coefficient (Wildman–Crippen LogP) is 0.707. The standard InChI is InChI=1S/C8H13N3OS.ClH/c1-5-6(7(12)9-2)13-8(10-3)11(5)4;/h1-4H3,(H,9,12);1H. The fraction of sp³-hybridized carbons (Fsp3) is 0.500. The van der Waals surface area contributed by atoms with E-state index < -0.39 is 0 Å². The first kappa shape index (κ1) is 13.2. The minimum Gasteiger partial charge on any atom is -0.354 e. The van der Waals surface area contributed by atoms with Gasteiger partial charge in [0.1, 0.15) is 4.88 Å². The zero-order valence-corrected chi connectivity index (χ0v) is 10.3. The van der Waals surface area contributed by atoms with Crippen LogP contribution in [-0.4, -0.2) is 24.6 Å². The molecule has 80 valence electrons. The van der Waals surface area contributed by atoms with E-state index in [0.717, 1.165) is 15.4 Å². The molecule has 0 spiro atoms. The summed E-state index contributed by atoms with van der Waals surface area (Å²) in [7, 11) is 5.25. The van der Waals surface area contributed by atoms with Gasteiger partial charge in [-0.05, 0) is 6.92 Å². The van der Waals surface area contributed by atoms with Crippen LogP contribution in [0.25, 0.3) is 0 Å². The second kappa shape index (κ2) is 5.17. The summed E-state index contributed by atoms with van der Waals surface area (Å²) in [6, 6.07) is 0. The highest BCUT2D eigenvalue weighted by Crippen LogP contribution is 2.09. The topological polar surface area (TPSA) is 46.4 Å². The number of carbonyl (C=O) groups excluding carboxylic acids is 1. The van der Waals surface area contributed by atoms with Crippen molar-refractivity contribution in [3.05, 3.63) is 15.4 Å². The summed E-state index contributed by atoms with van der Waals surface area (Å²) in [5.41, 5.74) is 0.949. The highest BCUT2D eigenvalue weighted by atomic mass is 35.5. The van der Waals surface area contributed by atoms with Gasteiger partial charge in [-0.1, -0.05) is 11.3 Å². The van der Waals surface area contributed by atoms with Gasteiger partial charge in [0.15, 0.2) is 4.80 Å². The van der Waals surface area contributed by atoms with Crippen molar-refractivity contribution in [2.45, 2.75) is 6.92 Å². The minimum absolute atomic E-state index is 0. The molecular weight excluding hydrogens is 222 g/mol. The number of thiazole rings is 1. The van der Waals surface area contributed by atoms with E-state index in [9.17, 15) is 4.79 Å². The maximum absolute atomic E-state index is 11.4. The van der Waals surface area contributed by atoms with Gasteiger partial charge in [0, 0.05) is 26.8 Å². The van der Waals surface area contributed by atoms with Crippen LogP contribution < -0.4 is 10.1 Å². The average Bonchev–Trinajstić information content (AvgIpc) is 2.43. The molecule has 0 atom stereocenters. The van der Waals surface area contributed by atoms with Crippen LogP contribution in [0.1, 0.15) is 15.4 Å². The summed E-state index contributed by atoms with van der Waals surface area (Å²) in [4.78, 5) is 17.0. The molecule has 0 aliphatic heterocycles. The van der Waals surface area contributed by atoms with E-state index in [1.165, 1.54) is 11.3 Å². The summed E-state index contributed by atoms with van der Waals surface area (Å²) >= 11 is 1.40. The number of rotatable bonds is 1. The largest absolute Gasteiger partial charge is 0.354 e. The number of hydrogen-bond acceptors (Lipinski definition) is 3. The molecule has 0 aromatic carbocycles.